The van der Waals surface area contributed by atoms with Crippen molar-refractivity contribution in [1.82, 2.24) is 13.7 Å². The smallest absolute Gasteiger partial charge is 0.207 e. The highest BCUT2D eigenvalue weighted by Crippen LogP contribution is 1.96. The minimum absolute atomic E-state index is 0.0835. The summed E-state index contributed by atoms with van der Waals surface area (Å²) in [7, 11) is 8.84. The predicted octanol–water partition coefficient (Wildman–Crippen LogP) is -1.61. The molecule has 0 spiro atoms. The molecule has 0 amide bonds. The van der Waals surface area contributed by atoms with Gasteiger partial charge in [-0.25, -0.2) is 0 Å². The summed E-state index contributed by atoms with van der Waals surface area (Å²) >= 11 is 0. The maximum absolute atomic E-state index is 8.47. The van der Waals surface area contributed by atoms with E-state index in [1.807, 2.05) is 0 Å². The van der Waals surface area contributed by atoms with Gasteiger partial charge in [0.15, 0.2) is 18.9 Å². The maximum atomic E-state index is 8.47. The maximum Gasteiger partial charge on any atom is 0.207 e. The molecule has 0 atom stereocenters. The van der Waals surface area contributed by atoms with Crippen molar-refractivity contribution in [1.29, 1.82) is 16.2 Å². The van der Waals surface area contributed by atoms with E-state index in [4.69, 9.17) is 44.6 Å². The molecule has 0 radical (unpaired) electrons. The van der Waals surface area contributed by atoms with E-state index in [-0.39, 0.29) is 36.5 Å². The van der Waals surface area contributed by atoms with Crippen LogP contribution in [0.3, 0.4) is 0 Å². The summed E-state index contributed by atoms with van der Waals surface area (Å²) in [5.41, 5.74) is -0.275. The lowest BCUT2D eigenvalue weighted by molar-refractivity contribution is -0.120. The lowest BCUT2D eigenvalue weighted by Crippen LogP contribution is -2.57. The monoisotopic (exact) mass is 390 g/mol. The normalized spacial score (nSPS) is 11.9. The minimum Gasteiger partial charge on any atom is -0.354 e. The molecule has 0 fully saturated rings. The van der Waals surface area contributed by atoms with Crippen molar-refractivity contribution in [3.63, 3.8) is 0 Å². The van der Waals surface area contributed by atoms with Gasteiger partial charge in [0.25, 0.3) is 0 Å². The largest absolute Gasteiger partial charge is 0.354 e. The molecule has 0 aromatic carbocycles. The van der Waals surface area contributed by atoms with Crippen LogP contribution in [0.1, 0.15) is 0 Å². The molecular weight excluding hydrogens is 360 g/mol. The second-order valence-corrected chi connectivity index (χ2v) is 5.51. The number of hydrogen-bond acceptors (Lipinski definition) is 9. The van der Waals surface area contributed by atoms with Crippen LogP contribution >= 0.6 is 0 Å². The second kappa shape index (κ2) is 11.1. The third-order valence-electron chi connectivity index (χ3n) is 4.11. The van der Waals surface area contributed by atoms with Crippen LogP contribution in [0.2, 0.25) is 0 Å². The van der Waals surface area contributed by atoms with E-state index >= 15 is 0 Å². The van der Waals surface area contributed by atoms with E-state index in [1.165, 1.54) is 56.4 Å². The van der Waals surface area contributed by atoms with Gasteiger partial charge in [-0.05, 0) is 0 Å². The molecule has 1 aromatic rings. The number of ether oxygens (including phenoxy) is 6. The Labute approximate surface area is 157 Å². The zero-order chi connectivity index (χ0) is 20.6. The Kier molecular flexibility index (Phi) is 9.55. The molecule has 1 rings (SSSR count). The van der Waals surface area contributed by atoms with Crippen LogP contribution in [-0.4, -0.2) is 75.2 Å². The van der Waals surface area contributed by atoms with E-state index in [0.29, 0.717) is 0 Å². The standard InChI is InChI=1S/C15H30N6O6/c1-22-10(23-2)7-19-13(16)20(8-11(24-3)25-4)15(18)21(14(19)17)9-12(26-5)27-6/h10-12,16-18H,7-9H2,1-6H3. The number of hydrogen-bond donors (Lipinski definition) is 3. The van der Waals surface area contributed by atoms with Gasteiger partial charge in [0, 0.05) is 42.7 Å². The fraction of sp³-hybridized carbons (Fsp3) is 0.800. The van der Waals surface area contributed by atoms with Crippen LogP contribution in [0.15, 0.2) is 0 Å². The first-order valence-corrected chi connectivity index (χ1v) is 8.13. The molecule has 0 aliphatic rings. The number of aromatic nitrogens is 3. The summed E-state index contributed by atoms with van der Waals surface area (Å²) in [6.07, 6.45) is -1.99. The van der Waals surface area contributed by atoms with Gasteiger partial charge in [0.05, 0.1) is 19.6 Å². The van der Waals surface area contributed by atoms with E-state index in [9.17, 15) is 0 Å². The summed E-state index contributed by atoms with van der Waals surface area (Å²) < 4.78 is 35.3. The van der Waals surface area contributed by atoms with E-state index in [0.717, 1.165) is 0 Å². The Morgan fingerprint density at radius 1 is 0.519 bits per heavy atom. The summed E-state index contributed by atoms with van der Waals surface area (Å²) in [5.74, 6) is 0. The molecule has 0 saturated heterocycles. The molecule has 0 bridgehead atoms. The van der Waals surface area contributed by atoms with Gasteiger partial charge in [-0.2, -0.15) is 0 Å². The molecule has 0 saturated carbocycles. The Balaban J connectivity index is 3.59. The van der Waals surface area contributed by atoms with Crippen LogP contribution in [0.5, 0.6) is 0 Å². The van der Waals surface area contributed by atoms with Crippen molar-refractivity contribution in [3.8, 4) is 0 Å². The van der Waals surface area contributed by atoms with Gasteiger partial charge in [-0.3, -0.25) is 29.9 Å². The quantitative estimate of drug-likeness (QED) is 0.367. The van der Waals surface area contributed by atoms with Crippen molar-refractivity contribution >= 4 is 0 Å². The van der Waals surface area contributed by atoms with Crippen LogP contribution in [0.25, 0.3) is 0 Å². The second-order valence-electron chi connectivity index (χ2n) is 5.51. The van der Waals surface area contributed by atoms with Crippen LogP contribution < -0.4 is 16.9 Å². The number of rotatable bonds is 12. The van der Waals surface area contributed by atoms with Gasteiger partial charge in [-0.15, -0.1) is 0 Å². The lowest BCUT2D eigenvalue weighted by Gasteiger charge is -2.24. The van der Waals surface area contributed by atoms with Gasteiger partial charge in [0.1, 0.15) is 0 Å². The fourth-order valence-electron chi connectivity index (χ4n) is 2.44. The van der Waals surface area contributed by atoms with Crippen molar-refractivity contribution in [2.45, 2.75) is 38.5 Å². The summed E-state index contributed by atoms with van der Waals surface area (Å²) in [5, 5.41) is 25.4. The summed E-state index contributed by atoms with van der Waals surface area (Å²) in [6, 6.07) is 0. The molecule has 1 aromatic heterocycles. The molecule has 156 valence electrons. The molecule has 1 heterocycles. The predicted molar refractivity (Wildman–Crippen MR) is 91.4 cm³/mol. The van der Waals surface area contributed by atoms with E-state index in [2.05, 4.69) is 0 Å². The average Bonchev–Trinajstić information content (AvgIpc) is 2.68. The van der Waals surface area contributed by atoms with Crippen LogP contribution in [0, 0.1) is 16.2 Å². The Morgan fingerprint density at radius 2 is 0.704 bits per heavy atom. The molecular formula is C15H30N6O6. The molecule has 27 heavy (non-hydrogen) atoms. The lowest BCUT2D eigenvalue weighted by atomic mass is 10.5. The topological polar surface area (TPSA) is 142 Å². The zero-order valence-corrected chi connectivity index (χ0v) is 16.6. The number of nitrogens with one attached hydrogen (secondary N) is 3. The van der Waals surface area contributed by atoms with Crippen LogP contribution in [0.4, 0.5) is 0 Å². The van der Waals surface area contributed by atoms with E-state index in [1.54, 1.807) is 0 Å². The third-order valence-corrected chi connectivity index (χ3v) is 4.11. The first-order chi connectivity index (χ1) is 12.9. The molecule has 12 nitrogen and oxygen atoms in total. The first kappa shape index (κ1) is 23.2. The highest BCUT2D eigenvalue weighted by Gasteiger charge is 2.18. The van der Waals surface area contributed by atoms with Crippen molar-refractivity contribution in [2.24, 2.45) is 0 Å². The van der Waals surface area contributed by atoms with Crippen molar-refractivity contribution in [2.75, 3.05) is 42.7 Å². The van der Waals surface area contributed by atoms with Gasteiger partial charge >= 0.3 is 0 Å². The van der Waals surface area contributed by atoms with Crippen molar-refractivity contribution in [3.05, 3.63) is 16.9 Å². The molecule has 3 N–H and O–H groups in total. The Bertz CT molecular complexity index is 614. The number of methoxy groups -OCH3 is 6. The molecule has 0 aliphatic carbocycles. The third kappa shape index (κ3) is 5.57. The first-order valence-electron chi connectivity index (χ1n) is 8.13. The van der Waals surface area contributed by atoms with Crippen molar-refractivity contribution < 1.29 is 28.4 Å². The minimum atomic E-state index is -0.664. The fourth-order valence-corrected chi connectivity index (χ4v) is 2.44. The highest BCUT2D eigenvalue weighted by atomic mass is 16.7. The van der Waals surface area contributed by atoms with Crippen LogP contribution in [-0.2, 0) is 48.1 Å². The molecule has 0 aliphatic heterocycles. The summed E-state index contributed by atoms with van der Waals surface area (Å²) in [4.78, 5) is 0. The van der Waals surface area contributed by atoms with Gasteiger partial charge in [0.2, 0.25) is 16.9 Å². The Morgan fingerprint density at radius 3 is 0.852 bits per heavy atom. The number of nitrogens with zero attached hydrogens (tertiary/aromatic N) is 3. The molecule has 12 heteroatoms. The SMILES string of the molecule is COC(Cn1c(=N)n(CC(OC)OC)c(=N)n(CC(OC)OC)c1=N)OC. The van der Waals surface area contributed by atoms with Gasteiger partial charge < -0.3 is 28.4 Å². The zero-order valence-electron chi connectivity index (χ0n) is 16.6. The highest BCUT2D eigenvalue weighted by molar-refractivity contribution is 4.74. The molecule has 0 unspecified atom stereocenters. The van der Waals surface area contributed by atoms with E-state index < -0.39 is 18.9 Å². The Hall–Kier alpha value is -1.83. The summed E-state index contributed by atoms with van der Waals surface area (Å²) in [6.45, 7) is 0.251. The average molecular weight is 390 g/mol. The van der Waals surface area contributed by atoms with Gasteiger partial charge in [-0.1, -0.05) is 0 Å².